The van der Waals surface area contributed by atoms with Crippen LogP contribution < -0.4 is 4.90 Å². The van der Waals surface area contributed by atoms with Gasteiger partial charge in [0.2, 0.25) is 0 Å². The molecule has 3 nitrogen and oxygen atoms in total. The Balaban J connectivity index is 1.19. The first-order valence-electron chi connectivity index (χ1n) is 18.7. The second kappa shape index (κ2) is 12.6. The molecule has 2 aromatic heterocycles. The minimum atomic E-state index is 0.848. The predicted octanol–water partition coefficient (Wildman–Crippen LogP) is 15.1. The molecule has 0 saturated carbocycles. The van der Waals surface area contributed by atoms with Gasteiger partial charge >= 0.3 is 0 Å². The molecule has 0 bridgehead atoms. The van der Waals surface area contributed by atoms with Gasteiger partial charge in [0.05, 0.1) is 16.8 Å². The molecule has 0 N–H and O–H groups in total. The standard InChI is InChI=1S/C52H33NO2/c1-2-15-34(16-3-1)38-24-11-17-35-18-12-26-42(50(35)38)40-21-4-7-28-45(40)53(46-29-14-32-49-51(46)44-23-6-9-31-48(44)54-49)37-20-10-19-36(33-37)39-25-13-27-43-41-22-5-8-30-47(41)55-52(39)43/h1-33H. The molecular formula is C52H33NO2. The van der Waals surface area contributed by atoms with E-state index in [1.807, 2.05) is 24.3 Å². The first-order valence-corrected chi connectivity index (χ1v) is 18.7. The molecule has 0 aliphatic heterocycles. The molecule has 0 unspecified atom stereocenters. The van der Waals surface area contributed by atoms with Crippen molar-refractivity contribution in [1.29, 1.82) is 0 Å². The minimum absolute atomic E-state index is 0.848. The van der Waals surface area contributed by atoms with E-state index in [1.165, 1.54) is 27.5 Å². The number of rotatable bonds is 6. The number of anilines is 3. The highest BCUT2D eigenvalue weighted by Gasteiger charge is 2.24. The van der Waals surface area contributed by atoms with Crippen LogP contribution in [0.5, 0.6) is 0 Å². The summed E-state index contributed by atoms with van der Waals surface area (Å²) in [6.07, 6.45) is 0. The molecule has 9 aromatic carbocycles. The second-order valence-corrected chi connectivity index (χ2v) is 14.0. The number of hydrogen-bond acceptors (Lipinski definition) is 3. The molecule has 0 aliphatic carbocycles. The number of benzene rings is 9. The van der Waals surface area contributed by atoms with Crippen LogP contribution in [0.3, 0.4) is 0 Å². The molecule has 0 radical (unpaired) electrons. The average molecular weight is 704 g/mol. The molecule has 0 spiro atoms. The van der Waals surface area contributed by atoms with Crippen molar-refractivity contribution in [3.05, 3.63) is 200 Å². The summed E-state index contributed by atoms with van der Waals surface area (Å²) >= 11 is 0. The molecule has 258 valence electrons. The third-order valence-electron chi connectivity index (χ3n) is 10.9. The quantitative estimate of drug-likeness (QED) is 0.173. The molecule has 0 aliphatic rings. The fourth-order valence-electron chi connectivity index (χ4n) is 8.46. The molecule has 3 heteroatoms. The topological polar surface area (TPSA) is 29.5 Å². The van der Waals surface area contributed by atoms with Gasteiger partial charge in [-0.25, -0.2) is 0 Å². The van der Waals surface area contributed by atoms with Gasteiger partial charge in [0.1, 0.15) is 22.3 Å². The van der Waals surface area contributed by atoms with Gasteiger partial charge in [-0.15, -0.1) is 0 Å². The van der Waals surface area contributed by atoms with Gasteiger partial charge in [-0.1, -0.05) is 158 Å². The van der Waals surface area contributed by atoms with Crippen molar-refractivity contribution in [2.75, 3.05) is 4.90 Å². The monoisotopic (exact) mass is 703 g/mol. The maximum absolute atomic E-state index is 6.54. The zero-order valence-electron chi connectivity index (χ0n) is 29.8. The molecule has 2 heterocycles. The van der Waals surface area contributed by atoms with E-state index in [2.05, 4.69) is 181 Å². The molecule has 11 aromatic rings. The summed E-state index contributed by atoms with van der Waals surface area (Å²) in [5.41, 5.74) is 13.5. The van der Waals surface area contributed by atoms with Crippen molar-refractivity contribution in [1.82, 2.24) is 0 Å². The van der Waals surface area contributed by atoms with E-state index in [0.717, 1.165) is 77.6 Å². The van der Waals surface area contributed by atoms with Crippen LogP contribution in [0, 0.1) is 0 Å². The fourth-order valence-corrected chi connectivity index (χ4v) is 8.46. The minimum Gasteiger partial charge on any atom is -0.456 e. The Morgan fingerprint density at radius 1 is 0.327 bits per heavy atom. The predicted molar refractivity (Wildman–Crippen MR) is 229 cm³/mol. The van der Waals surface area contributed by atoms with Gasteiger partial charge < -0.3 is 13.7 Å². The Bertz CT molecular complexity index is 3220. The number of nitrogens with zero attached hydrogens (tertiary/aromatic N) is 1. The molecule has 11 rings (SSSR count). The highest BCUT2D eigenvalue weighted by atomic mass is 16.3. The van der Waals surface area contributed by atoms with Crippen LogP contribution in [0.1, 0.15) is 0 Å². The summed E-state index contributed by atoms with van der Waals surface area (Å²) in [7, 11) is 0. The van der Waals surface area contributed by atoms with Gasteiger partial charge in [-0.2, -0.15) is 0 Å². The van der Waals surface area contributed by atoms with E-state index in [0.29, 0.717) is 0 Å². The molecule has 55 heavy (non-hydrogen) atoms. The van der Waals surface area contributed by atoms with E-state index in [9.17, 15) is 0 Å². The zero-order valence-corrected chi connectivity index (χ0v) is 29.8. The molecule has 0 atom stereocenters. The number of furan rings is 2. The lowest BCUT2D eigenvalue weighted by Gasteiger charge is -2.29. The summed E-state index contributed by atoms with van der Waals surface area (Å²) in [5.74, 6) is 0. The Morgan fingerprint density at radius 3 is 1.78 bits per heavy atom. The summed E-state index contributed by atoms with van der Waals surface area (Å²) < 4.78 is 13.0. The molecule has 0 saturated heterocycles. The van der Waals surface area contributed by atoms with Gasteiger partial charge in [-0.3, -0.25) is 0 Å². The van der Waals surface area contributed by atoms with Crippen molar-refractivity contribution < 1.29 is 8.83 Å². The lowest BCUT2D eigenvalue weighted by Crippen LogP contribution is -2.12. The fraction of sp³-hybridized carbons (Fsp3) is 0. The molecule has 0 amide bonds. The third-order valence-corrected chi connectivity index (χ3v) is 10.9. The average Bonchev–Trinajstić information content (AvgIpc) is 3.83. The Labute approximate surface area is 317 Å². The van der Waals surface area contributed by atoms with E-state index in [1.54, 1.807) is 0 Å². The first kappa shape index (κ1) is 31.2. The SMILES string of the molecule is c1ccc(-c2cccc3cccc(-c4ccccc4N(c4cccc(-c5cccc6c5oc5ccccc56)c4)c4cccc5oc6ccccc6c45)c23)cc1. The number of hydrogen-bond donors (Lipinski definition) is 0. The van der Waals surface area contributed by atoms with Gasteiger partial charge in [-0.05, 0) is 75.5 Å². The van der Waals surface area contributed by atoms with Crippen LogP contribution in [0.15, 0.2) is 209 Å². The van der Waals surface area contributed by atoms with Crippen molar-refractivity contribution >= 4 is 71.7 Å². The van der Waals surface area contributed by atoms with Crippen molar-refractivity contribution in [2.45, 2.75) is 0 Å². The van der Waals surface area contributed by atoms with Gasteiger partial charge in [0, 0.05) is 33.0 Å². The molecule has 0 fully saturated rings. The third kappa shape index (κ3) is 5.05. The van der Waals surface area contributed by atoms with E-state index < -0.39 is 0 Å². The Kier molecular flexibility index (Phi) is 7.17. The van der Waals surface area contributed by atoms with Crippen LogP contribution >= 0.6 is 0 Å². The highest BCUT2D eigenvalue weighted by Crippen LogP contribution is 2.48. The second-order valence-electron chi connectivity index (χ2n) is 14.0. The first-order chi connectivity index (χ1) is 27.3. The highest BCUT2D eigenvalue weighted by molar-refractivity contribution is 6.15. The van der Waals surface area contributed by atoms with E-state index in [-0.39, 0.29) is 0 Å². The number of para-hydroxylation sites is 4. The van der Waals surface area contributed by atoms with E-state index >= 15 is 0 Å². The van der Waals surface area contributed by atoms with Crippen molar-refractivity contribution in [3.63, 3.8) is 0 Å². The van der Waals surface area contributed by atoms with Crippen LogP contribution in [-0.4, -0.2) is 0 Å². The van der Waals surface area contributed by atoms with E-state index in [4.69, 9.17) is 8.83 Å². The summed E-state index contributed by atoms with van der Waals surface area (Å²) in [6, 6.07) is 71.0. The summed E-state index contributed by atoms with van der Waals surface area (Å²) in [5, 5.41) is 6.80. The van der Waals surface area contributed by atoms with Crippen LogP contribution in [0.4, 0.5) is 17.1 Å². The maximum atomic E-state index is 6.54. The number of fused-ring (bicyclic) bond motifs is 7. The zero-order chi connectivity index (χ0) is 36.3. The Morgan fingerprint density at radius 2 is 0.909 bits per heavy atom. The lowest BCUT2D eigenvalue weighted by molar-refractivity contribution is 0.669. The van der Waals surface area contributed by atoms with Crippen LogP contribution in [-0.2, 0) is 0 Å². The maximum Gasteiger partial charge on any atom is 0.143 e. The summed E-state index contributed by atoms with van der Waals surface area (Å²) in [6.45, 7) is 0. The summed E-state index contributed by atoms with van der Waals surface area (Å²) in [4.78, 5) is 2.41. The Hall–Kier alpha value is -7.36. The largest absolute Gasteiger partial charge is 0.456 e. The molecular weight excluding hydrogens is 671 g/mol. The van der Waals surface area contributed by atoms with Gasteiger partial charge in [0.15, 0.2) is 0 Å². The van der Waals surface area contributed by atoms with Crippen LogP contribution in [0.2, 0.25) is 0 Å². The van der Waals surface area contributed by atoms with Crippen molar-refractivity contribution in [2.24, 2.45) is 0 Å². The smallest absolute Gasteiger partial charge is 0.143 e. The van der Waals surface area contributed by atoms with Crippen molar-refractivity contribution in [3.8, 4) is 33.4 Å². The lowest BCUT2D eigenvalue weighted by atomic mass is 9.90. The van der Waals surface area contributed by atoms with Gasteiger partial charge in [0.25, 0.3) is 0 Å². The van der Waals surface area contributed by atoms with Crippen LogP contribution in [0.25, 0.3) is 88.0 Å². The normalized spacial score (nSPS) is 11.6.